The second kappa shape index (κ2) is 3.04. The van der Waals surface area contributed by atoms with Crippen molar-refractivity contribution in [1.82, 2.24) is 15.0 Å². The SMILES string of the molecule is c1cnc2c(c1)c1c[nH]cc1c1cccnc12. The van der Waals surface area contributed by atoms with Gasteiger partial charge >= 0.3 is 0 Å². The highest BCUT2D eigenvalue weighted by Crippen LogP contribution is 2.31. The van der Waals surface area contributed by atoms with Crippen molar-refractivity contribution in [1.29, 1.82) is 0 Å². The number of benzene rings is 1. The summed E-state index contributed by atoms with van der Waals surface area (Å²) in [5.41, 5.74) is 1.94. The van der Waals surface area contributed by atoms with Crippen molar-refractivity contribution in [3.63, 3.8) is 0 Å². The maximum Gasteiger partial charge on any atom is 0.0971 e. The highest BCUT2D eigenvalue weighted by Gasteiger charge is 2.09. The molecule has 0 aliphatic rings. The van der Waals surface area contributed by atoms with Crippen LogP contribution in [0.15, 0.2) is 49.1 Å². The van der Waals surface area contributed by atoms with Gasteiger partial charge in [0.05, 0.1) is 11.0 Å². The molecule has 0 bridgehead atoms. The van der Waals surface area contributed by atoms with Crippen molar-refractivity contribution in [2.75, 3.05) is 0 Å². The molecule has 3 nitrogen and oxygen atoms in total. The largest absolute Gasteiger partial charge is 0.366 e. The van der Waals surface area contributed by atoms with Crippen molar-refractivity contribution in [3.05, 3.63) is 49.1 Å². The Morgan fingerprint density at radius 2 is 1.24 bits per heavy atom. The normalized spacial score (nSPS) is 11.5. The van der Waals surface area contributed by atoms with Crippen LogP contribution in [0.5, 0.6) is 0 Å². The van der Waals surface area contributed by atoms with E-state index < -0.39 is 0 Å². The zero-order valence-electron chi connectivity index (χ0n) is 9.01. The van der Waals surface area contributed by atoms with Gasteiger partial charge in [0.2, 0.25) is 0 Å². The number of pyridine rings is 2. The first-order valence-electron chi connectivity index (χ1n) is 5.53. The van der Waals surface area contributed by atoms with Gasteiger partial charge in [-0.2, -0.15) is 0 Å². The van der Waals surface area contributed by atoms with Gasteiger partial charge in [-0.1, -0.05) is 12.1 Å². The molecule has 0 saturated carbocycles. The maximum absolute atomic E-state index is 4.46. The number of hydrogen-bond acceptors (Lipinski definition) is 2. The molecular weight excluding hydrogens is 210 g/mol. The summed E-state index contributed by atoms with van der Waals surface area (Å²) in [6.45, 7) is 0. The Bertz CT molecular complexity index is 776. The molecule has 0 saturated heterocycles. The molecule has 0 unspecified atom stereocenters. The van der Waals surface area contributed by atoms with E-state index in [4.69, 9.17) is 0 Å². The van der Waals surface area contributed by atoms with Crippen LogP contribution in [0.3, 0.4) is 0 Å². The summed E-state index contributed by atoms with van der Waals surface area (Å²) in [5.74, 6) is 0. The van der Waals surface area contributed by atoms with Crippen LogP contribution in [0, 0.1) is 0 Å². The molecule has 1 N–H and O–H groups in total. The Labute approximate surface area is 97.1 Å². The molecule has 4 aromatic rings. The van der Waals surface area contributed by atoms with Crippen LogP contribution < -0.4 is 0 Å². The van der Waals surface area contributed by atoms with Gasteiger partial charge in [0, 0.05) is 46.3 Å². The zero-order valence-corrected chi connectivity index (χ0v) is 9.01. The molecule has 0 aliphatic carbocycles. The van der Waals surface area contributed by atoms with Gasteiger partial charge in [0.1, 0.15) is 0 Å². The van der Waals surface area contributed by atoms with Crippen molar-refractivity contribution >= 4 is 32.6 Å². The molecule has 0 atom stereocenters. The summed E-state index contributed by atoms with van der Waals surface area (Å²) >= 11 is 0. The van der Waals surface area contributed by atoms with Crippen LogP contribution in [-0.2, 0) is 0 Å². The number of H-pyrrole nitrogens is 1. The van der Waals surface area contributed by atoms with E-state index in [1.165, 1.54) is 10.8 Å². The van der Waals surface area contributed by atoms with E-state index in [1.807, 2.05) is 36.9 Å². The molecule has 0 radical (unpaired) electrons. The van der Waals surface area contributed by atoms with Crippen molar-refractivity contribution in [2.24, 2.45) is 0 Å². The Kier molecular flexibility index (Phi) is 1.56. The highest BCUT2D eigenvalue weighted by molar-refractivity contribution is 6.22. The molecule has 17 heavy (non-hydrogen) atoms. The summed E-state index contributed by atoms with van der Waals surface area (Å²) in [5, 5.41) is 4.70. The number of hydrogen-bond donors (Lipinski definition) is 1. The van der Waals surface area contributed by atoms with Gasteiger partial charge in [0.15, 0.2) is 0 Å². The minimum Gasteiger partial charge on any atom is -0.366 e. The van der Waals surface area contributed by atoms with Crippen molar-refractivity contribution in [2.45, 2.75) is 0 Å². The summed E-state index contributed by atoms with van der Waals surface area (Å²) in [4.78, 5) is 12.1. The Hall–Kier alpha value is -2.42. The minimum absolute atomic E-state index is 0.968. The summed E-state index contributed by atoms with van der Waals surface area (Å²) in [6.07, 6.45) is 7.67. The third-order valence-corrected chi connectivity index (χ3v) is 3.17. The van der Waals surface area contributed by atoms with Crippen LogP contribution >= 0.6 is 0 Å². The quantitative estimate of drug-likeness (QED) is 0.461. The van der Waals surface area contributed by atoms with Crippen LogP contribution in [-0.4, -0.2) is 15.0 Å². The van der Waals surface area contributed by atoms with E-state index in [2.05, 4.69) is 27.1 Å². The molecular formula is C14H9N3. The number of nitrogens with one attached hydrogen (secondary N) is 1. The van der Waals surface area contributed by atoms with Crippen molar-refractivity contribution < 1.29 is 0 Å². The molecule has 80 valence electrons. The van der Waals surface area contributed by atoms with Crippen LogP contribution in [0.4, 0.5) is 0 Å². The topological polar surface area (TPSA) is 41.6 Å². The molecule has 3 heterocycles. The van der Waals surface area contributed by atoms with E-state index in [9.17, 15) is 0 Å². The lowest BCUT2D eigenvalue weighted by Gasteiger charge is -2.04. The lowest BCUT2D eigenvalue weighted by atomic mass is 10.0. The summed E-state index contributed by atoms with van der Waals surface area (Å²) in [7, 11) is 0. The Morgan fingerprint density at radius 3 is 1.76 bits per heavy atom. The molecule has 3 aromatic heterocycles. The van der Waals surface area contributed by atoms with Gasteiger partial charge in [0.25, 0.3) is 0 Å². The van der Waals surface area contributed by atoms with Gasteiger partial charge in [-0.15, -0.1) is 0 Å². The van der Waals surface area contributed by atoms with E-state index >= 15 is 0 Å². The van der Waals surface area contributed by atoms with E-state index in [1.54, 1.807) is 0 Å². The standard InChI is InChI=1S/C14H9N3/c1-3-9-11-7-15-8-12(11)10-4-2-6-17-14(10)13(9)16-5-1/h1-8,15H. The molecule has 3 heteroatoms. The number of aromatic amines is 1. The van der Waals surface area contributed by atoms with E-state index in [-0.39, 0.29) is 0 Å². The molecule has 0 fully saturated rings. The van der Waals surface area contributed by atoms with Crippen molar-refractivity contribution in [3.8, 4) is 0 Å². The minimum atomic E-state index is 0.968. The number of nitrogens with zero attached hydrogens (tertiary/aromatic N) is 2. The average Bonchev–Trinajstić information content (AvgIpc) is 2.89. The second-order valence-corrected chi connectivity index (χ2v) is 4.08. The fourth-order valence-corrected chi connectivity index (χ4v) is 2.43. The molecule has 0 aliphatic heterocycles. The first-order valence-corrected chi connectivity index (χ1v) is 5.53. The van der Waals surface area contributed by atoms with Crippen LogP contribution in [0.1, 0.15) is 0 Å². The van der Waals surface area contributed by atoms with Gasteiger partial charge < -0.3 is 4.98 Å². The third kappa shape index (κ3) is 1.05. The molecule has 1 aromatic carbocycles. The number of aromatic nitrogens is 3. The summed E-state index contributed by atoms with van der Waals surface area (Å²) < 4.78 is 0. The van der Waals surface area contributed by atoms with Crippen LogP contribution in [0.25, 0.3) is 32.6 Å². The monoisotopic (exact) mass is 219 g/mol. The van der Waals surface area contributed by atoms with E-state index in [0.717, 1.165) is 21.8 Å². The molecule has 0 spiro atoms. The fraction of sp³-hybridized carbons (Fsp3) is 0. The van der Waals surface area contributed by atoms with Gasteiger partial charge in [-0.25, -0.2) is 0 Å². The lowest BCUT2D eigenvalue weighted by molar-refractivity contribution is 1.38. The Morgan fingerprint density at radius 1 is 0.706 bits per heavy atom. The second-order valence-electron chi connectivity index (χ2n) is 4.08. The smallest absolute Gasteiger partial charge is 0.0971 e. The van der Waals surface area contributed by atoms with Crippen LogP contribution in [0.2, 0.25) is 0 Å². The van der Waals surface area contributed by atoms with E-state index in [0.29, 0.717) is 0 Å². The first kappa shape index (κ1) is 8.70. The van der Waals surface area contributed by atoms with Gasteiger partial charge in [-0.3, -0.25) is 9.97 Å². The zero-order chi connectivity index (χ0) is 11.2. The number of fused-ring (bicyclic) bond motifs is 6. The van der Waals surface area contributed by atoms with Gasteiger partial charge in [-0.05, 0) is 12.1 Å². The third-order valence-electron chi connectivity index (χ3n) is 3.17. The Balaban J connectivity index is 2.48. The molecule has 0 amide bonds. The predicted molar refractivity (Wildman–Crippen MR) is 68.9 cm³/mol. The lowest BCUT2D eigenvalue weighted by Crippen LogP contribution is -1.85. The number of rotatable bonds is 0. The average molecular weight is 219 g/mol. The first-order chi connectivity index (χ1) is 8.45. The fourth-order valence-electron chi connectivity index (χ4n) is 2.43. The molecule has 4 rings (SSSR count). The predicted octanol–water partition coefficient (Wildman–Crippen LogP) is 3.26. The summed E-state index contributed by atoms with van der Waals surface area (Å²) in [6, 6.07) is 8.10. The maximum atomic E-state index is 4.46. The highest BCUT2D eigenvalue weighted by atomic mass is 14.7.